The minimum Gasteiger partial charge on any atom is -0.508 e. The monoisotopic (exact) mass is 342 g/mol. The quantitative estimate of drug-likeness (QED) is 0.418. The molecule has 0 fully saturated rings. The van der Waals surface area contributed by atoms with Gasteiger partial charge in [0.1, 0.15) is 11.5 Å². The third-order valence-electron chi connectivity index (χ3n) is 3.05. The van der Waals surface area contributed by atoms with Gasteiger partial charge in [-0.15, -0.1) is 5.10 Å². The van der Waals surface area contributed by atoms with Gasteiger partial charge in [-0.3, -0.25) is 4.79 Å². The van der Waals surface area contributed by atoms with E-state index in [1.54, 1.807) is 4.68 Å². The number of phenolic OH excluding ortho intramolecular Hbond substituents is 1. The number of para-hydroxylation sites is 1. The van der Waals surface area contributed by atoms with Crippen molar-refractivity contribution in [3.8, 4) is 17.2 Å². The van der Waals surface area contributed by atoms with E-state index >= 15 is 0 Å². The number of ether oxygens (including phenoxy) is 1. The summed E-state index contributed by atoms with van der Waals surface area (Å²) in [6.07, 6.45) is 0.215. The van der Waals surface area contributed by atoms with E-state index in [1.165, 1.54) is 36.0 Å². The van der Waals surface area contributed by atoms with Crippen LogP contribution in [0.15, 0.2) is 59.8 Å². The highest BCUT2D eigenvalue weighted by atomic mass is 32.2. The van der Waals surface area contributed by atoms with Crippen LogP contribution < -0.4 is 4.74 Å². The van der Waals surface area contributed by atoms with Gasteiger partial charge in [-0.1, -0.05) is 30.0 Å². The second kappa shape index (κ2) is 7.60. The molecule has 122 valence electrons. The van der Waals surface area contributed by atoms with Crippen molar-refractivity contribution in [1.82, 2.24) is 20.2 Å². The average molecular weight is 342 g/mol. The van der Waals surface area contributed by atoms with E-state index in [2.05, 4.69) is 15.5 Å². The molecule has 0 amide bonds. The van der Waals surface area contributed by atoms with Crippen LogP contribution in [-0.4, -0.2) is 37.0 Å². The lowest BCUT2D eigenvalue weighted by atomic mass is 10.3. The summed E-state index contributed by atoms with van der Waals surface area (Å²) in [6.45, 7) is 0. The highest BCUT2D eigenvalue weighted by molar-refractivity contribution is 7.99. The van der Waals surface area contributed by atoms with Crippen LogP contribution in [0, 0.1) is 0 Å². The largest absolute Gasteiger partial charge is 0.508 e. The third kappa shape index (κ3) is 4.11. The fraction of sp³-hybridized carbons (Fsp3) is 0.125. The summed E-state index contributed by atoms with van der Waals surface area (Å²) in [5.74, 6) is 0.659. The predicted octanol–water partition coefficient (Wildman–Crippen LogP) is 2.46. The van der Waals surface area contributed by atoms with Gasteiger partial charge >= 0.3 is 5.97 Å². The molecule has 0 saturated heterocycles. The summed E-state index contributed by atoms with van der Waals surface area (Å²) in [6, 6.07) is 15.5. The molecule has 1 N–H and O–H groups in total. The van der Waals surface area contributed by atoms with Crippen molar-refractivity contribution in [2.45, 2.75) is 11.6 Å². The lowest BCUT2D eigenvalue weighted by Crippen LogP contribution is -2.09. The molecule has 24 heavy (non-hydrogen) atoms. The first-order valence-corrected chi connectivity index (χ1v) is 8.17. The number of nitrogens with zero attached hydrogens (tertiary/aromatic N) is 4. The maximum atomic E-state index is 11.8. The van der Waals surface area contributed by atoms with Crippen LogP contribution in [0.1, 0.15) is 6.42 Å². The first-order chi connectivity index (χ1) is 11.7. The Hall–Kier alpha value is -2.87. The van der Waals surface area contributed by atoms with Crippen LogP contribution in [0.5, 0.6) is 11.5 Å². The fourth-order valence-corrected chi connectivity index (χ4v) is 2.73. The summed E-state index contributed by atoms with van der Waals surface area (Å²) >= 11 is 1.38. The number of carbonyl (C=O) groups is 1. The molecule has 0 saturated carbocycles. The van der Waals surface area contributed by atoms with Crippen molar-refractivity contribution in [2.75, 3.05) is 5.75 Å². The van der Waals surface area contributed by atoms with Crippen LogP contribution >= 0.6 is 11.8 Å². The molecule has 0 bridgehead atoms. The number of phenols is 1. The van der Waals surface area contributed by atoms with Crippen molar-refractivity contribution in [3.63, 3.8) is 0 Å². The molecule has 0 radical (unpaired) electrons. The Morgan fingerprint density at radius 3 is 2.62 bits per heavy atom. The number of thioether (sulfide) groups is 1. The molecular formula is C16H14N4O3S. The van der Waals surface area contributed by atoms with Crippen molar-refractivity contribution < 1.29 is 14.6 Å². The number of hydrogen-bond donors (Lipinski definition) is 1. The van der Waals surface area contributed by atoms with E-state index in [1.807, 2.05) is 30.3 Å². The number of esters is 1. The average Bonchev–Trinajstić information content (AvgIpc) is 3.06. The summed E-state index contributed by atoms with van der Waals surface area (Å²) in [5.41, 5.74) is 0.858. The minimum atomic E-state index is -0.355. The Labute approximate surface area is 142 Å². The maximum Gasteiger partial charge on any atom is 0.312 e. The van der Waals surface area contributed by atoms with Crippen LogP contribution in [-0.2, 0) is 4.79 Å². The molecular weight excluding hydrogens is 328 g/mol. The molecule has 3 rings (SSSR count). The van der Waals surface area contributed by atoms with Gasteiger partial charge in [-0.05, 0) is 46.8 Å². The number of benzene rings is 2. The highest BCUT2D eigenvalue weighted by Crippen LogP contribution is 2.20. The molecule has 1 heterocycles. The lowest BCUT2D eigenvalue weighted by Gasteiger charge is -2.05. The Morgan fingerprint density at radius 2 is 1.88 bits per heavy atom. The second-order valence-electron chi connectivity index (χ2n) is 4.78. The molecule has 0 aliphatic heterocycles. The van der Waals surface area contributed by atoms with Gasteiger partial charge in [0.2, 0.25) is 5.16 Å². The molecule has 7 nitrogen and oxygen atoms in total. The molecule has 0 unspecified atom stereocenters. The molecule has 2 aromatic carbocycles. The number of rotatable bonds is 6. The SMILES string of the molecule is O=C(CCSc1nnnn1-c1ccccc1)Oc1ccc(O)cc1. The number of hydrogen-bond acceptors (Lipinski definition) is 7. The van der Waals surface area contributed by atoms with Gasteiger partial charge in [0.25, 0.3) is 0 Å². The topological polar surface area (TPSA) is 90.1 Å². The summed E-state index contributed by atoms with van der Waals surface area (Å²) < 4.78 is 6.80. The van der Waals surface area contributed by atoms with E-state index in [4.69, 9.17) is 4.74 Å². The molecule has 3 aromatic rings. The van der Waals surface area contributed by atoms with Crippen LogP contribution in [0.25, 0.3) is 5.69 Å². The van der Waals surface area contributed by atoms with E-state index in [9.17, 15) is 9.90 Å². The van der Waals surface area contributed by atoms with E-state index < -0.39 is 0 Å². The Balaban J connectivity index is 1.53. The van der Waals surface area contributed by atoms with Gasteiger partial charge in [0.05, 0.1) is 12.1 Å². The van der Waals surface area contributed by atoms with Gasteiger partial charge in [-0.25, -0.2) is 0 Å². The number of aromatic hydroxyl groups is 1. The van der Waals surface area contributed by atoms with Crippen molar-refractivity contribution >= 4 is 17.7 Å². The van der Waals surface area contributed by atoms with E-state index in [-0.39, 0.29) is 18.1 Å². The first kappa shape index (κ1) is 16.0. The second-order valence-corrected chi connectivity index (χ2v) is 5.84. The van der Waals surface area contributed by atoms with Crippen molar-refractivity contribution in [2.24, 2.45) is 0 Å². The summed E-state index contributed by atoms with van der Waals surface area (Å²) in [7, 11) is 0. The third-order valence-corrected chi connectivity index (χ3v) is 3.97. The molecule has 0 aliphatic carbocycles. The van der Waals surface area contributed by atoms with Gasteiger partial charge in [0.15, 0.2) is 0 Å². The zero-order valence-corrected chi connectivity index (χ0v) is 13.4. The van der Waals surface area contributed by atoms with E-state index in [0.29, 0.717) is 16.7 Å². The first-order valence-electron chi connectivity index (χ1n) is 7.19. The Kier molecular flexibility index (Phi) is 5.07. The molecule has 0 atom stereocenters. The molecule has 0 aliphatic rings. The summed E-state index contributed by atoms with van der Waals surface area (Å²) in [4.78, 5) is 11.8. The van der Waals surface area contributed by atoms with Crippen molar-refractivity contribution in [1.29, 1.82) is 0 Å². The fourth-order valence-electron chi connectivity index (χ4n) is 1.92. The Bertz CT molecular complexity index is 806. The van der Waals surface area contributed by atoms with Gasteiger partial charge < -0.3 is 9.84 Å². The standard InChI is InChI=1S/C16H14N4O3S/c21-13-6-8-14(9-7-13)23-15(22)10-11-24-16-17-18-19-20(16)12-4-2-1-3-5-12/h1-9,21H,10-11H2. The summed E-state index contributed by atoms with van der Waals surface area (Å²) in [5, 5.41) is 21.4. The van der Waals surface area contributed by atoms with Crippen LogP contribution in [0.2, 0.25) is 0 Å². The van der Waals surface area contributed by atoms with E-state index in [0.717, 1.165) is 5.69 Å². The van der Waals surface area contributed by atoms with Gasteiger partial charge in [-0.2, -0.15) is 4.68 Å². The van der Waals surface area contributed by atoms with Crippen molar-refractivity contribution in [3.05, 3.63) is 54.6 Å². The molecule has 0 spiro atoms. The lowest BCUT2D eigenvalue weighted by molar-refractivity contribution is -0.133. The smallest absolute Gasteiger partial charge is 0.312 e. The zero-order valence-electron chi connectivity index (χ0n) is 12.6. The maximum absolute atomic E-state index is 11.8. The normalized spacial score (nSPS) is 10.5. The number of carbonyl (C=O) groups excluding carboxylic acids is 1. The molecule has 1 aromatic heterocycles. The number of tetrazole rings is 1. The highest BCUT2D eigenvalue weighted by Gasteiger charge is 2.11. The molecule has 8 heteroatoms. The Morgan fingerprint density at radius 1 is 1.12 bits per heavy atom. The minimum absolute atomic E-state index is 0.123. The predicted molar refractivity (Wildman–Crippen MR) is 88.2 cm³/mol. The van der Waals surface area contributed by atoms with Crippen LogP contribution in [0.3, 0.4) is 0 Å². The zero-order chi connectivity index (χ0) is 16.8. The van der Waals surface area contributed by atoms with Gasteiger partial charge in [0, 0.05) is 5.75 Å². The van der Waals surface area contributed by atoms with Crippen LogP contribution in [0.4, 0.5) is 0 Å². The number of aromatic nitrogens is 4.